The van der Waals surface area contributed by atoms with E-state index in [-0.39, 0.29) is 28.7 Å². The number of hydrogen-bond donors (Lipinski definition) is 2. The largest absolute Gasteiger partial charge is 0.454 e. The lowest BCUT2D eigenvalue weighted by molar-refractivity contribution is -0.946. The van der Waals surface area contributed by atoms with Crippen molar-refractivity contribution < 1.29 is 44.3 Å². The van der Waals surface area contributed by atoms with E-state index in [0.29, 0.717) is 5.92 Å². The molecule has 0 saturated carbocycles. The number of rotatable bonds is 9. The first-order valence-electron chi connectivity index (χ1n) is 17.8. The minimum Gasteiger partial charge on any atom is -0.454 e. The molecule has 0 radical (unpaired) electrons. The van der Waals surface area contributed by atoms with Gasteiger partial charge >= 0.3 is 5.97 Å². The second-order valence-electron chi connectivity index (χ2n) is 14.4. The maximum Gasteiger partial charge on any atom is 0.331 e. The van der Waals surface area contributed by atoms with Crippen molar-refractivity contribution in [3.8, 4) is 0 Å². The number of esters is 1. The molecular weight excluding hydrogens is 708 g/mol. The van der Waals surface area contributed by atoms with Gasteiger partial charge in [-0.1, -0.05) is 73.2 Å². The SMILES string of the molecule is C[C@@](C(=O)O[C@H]1C[N+]2(CCc3ccc(F)cc3)CCC1CC2)(c1ccccc1)N1CCCCC1.O=S(=O)(O)c1cccc2c(S(=O)(=O)O)cccc12. The van der Waals surface area contributed by atoms with Crippen LogP contribution >= 0.6 is 0 Å². The Morgan fingerprint density at radius 2 is 1.37 bits per heavy atom. The predicted octanol–water partition coefficient (Wildman–Crippen LogP) is 6.25. The topological polar surface area (TPSA) is 138 Å². The van der Waals surface area contributed by atoms with E-state index in [0.717, 1.165) is 93.6 Å². The molecule has 4 aromatic rings. The lowest BCUT2D eigenvalue weighted by atomic mass is 9.82. The van der Waals surface area contributed by atoms with E-state index in [2.05, 4.69) is 24.0 Å². The van der Waals surface area contributed by atoms with E-state index in [1.807, 2.05) is 30.3 Å². The molecule has 4 aliphatic rings. The first-order chi connectivity index (χ1) is 24.7. The van der Waals surface area contributed by atoms with Crippen molar-refractivity contribution in [3.05, 3.63) is 108 Å². The number of ether oxygens (including phenoxy) is 1. The minimum atomic E-state index is -4.47. The molecule has 4 saturated heterocycles. The Hall–Kier alpha value is -3.72. The van der Waals surface area contributed by atoms with Crippen LogP contribution in [0.2, 0.25) is 0 Å². The van der Waals surface area contributed by atoms with Gasteiger partial charge in [0, 0.05) is 36.0 Å². The summed E-state index contributed by atoms with van der Waals surface area (Å²) in [6.45, 7) is 8.18. The molecule has 278 valence electrons. The molecule has 0 unspecified atom stereocenters. The summed E-state index contributed by atoms with van der Waals surface area (Å²) >= 11 is 0. The van der Waals surface area contributed by atoms with Crippen LogP contribution in [0.1, 0.15) is 50.2 Å². The molecule has 52 heavy (non-hydrogen) atoms. The molecule has 8 rings (SSSR count). The van der Waals surface area contributed by atoms with Crippen LogP contribution in [0, 0.1) is 11.7 Å². The lowest BCUT2D eigenvalue weighted by Crippen LogP contribution is -2.65. The van der Waals surface area contributed by atoms with Crippen molar-refractivity contribution in [2.24, 2.45) is 5.92 Å². The highest BCUT2D eigenvalue weighted by Gasteiger charge is 2.50. The highest BCUT2D eigenvalue weighted by atomic mass is 32.2. The molecule has 4 fully saturated rings. The van der Waals surface area contributed by atoms with Crippen LogP contribution in [0.15, 0.2) is 101 Å². The fourth-order valence-corrected chi connectivity index (χ4v) is 9.59. The number of fused-ring (bicyclic) bond motifs is 4. The molecule has 0 aromatic heterocycles. The molecule has 2 N–H and O–H groups in total. The molecule has 2 atom stereocenters. The van der Waals surface area contributed by atoms with Gasteiger partial charge < -0.3 is 9.22 Å². The number of likely N-dealkylation sites (tertiary alicyclic amines) is 1. The first-order valence-corrected chi connectivity index (χ1v) is 20.7. The number of nitrogens with zero attached hydrogens (tertiary/aromatic N) is 2. The van der Waals surface area contributed by atoms with Crippen molar-refractivity contribution in [1.82, 2.24) is 4.90 Å². The van der Waals surface area contributed by atoms with E-state index in [4.69, 9.17) is 13.8 Å². The third-order valence-electron chi connectivity index (χ3n) is 11.2. The van der Waals surface area contributed by atoms with E-state index in [9.17, 15) is 26.0 Å². The summed E-state index contributed by atoms with van der Waals surface area (Å²) in [5.74, 6) is 0.198. The fraction of sp³-hybridized carbons (Fsp3) is 0.410. The van der Waals surface area contributed by atoms with Gasteiger partial charge in [0.05, 0.1) is 19.6 Å². The monoisotopic (exact) mass is 753 g/mol. The molecule has 13 heteroatoms. The number of carbonyl (C=O) groups is 1. The van der Waals surface area contributed by atoms with E-state index >= 15 is 0 Å². The van der Waals surface area contributed by atoms with Crippen LogP contribution in [0.25, 0.3) is 10.8 Å². The molecular formula is C39H46FN2O8S2+. The quantitative estimate of drug-likeness (QED) is 0.115. The van der Waals surface area contributed by atoms with Gasteiger partial charge in [0.15, 0.2) is 6.10 Å². The standard InChI is InChI=1S/C29H38FN2O2.C10H8O6S2/c1-29(25-8-4-2-5-9-25,31-17-6-3-7-18-31)28(33)34-27-22-32(20-15-24(27)16-21-32)19-14-23-10-12-26(30)13-11-23;11-17(12,13)9-5-1-3-7-8(9)4-2-6-10(7)18(14,15)16/h2,4-5,8-13,24,27H,3,6-7,14-22H2,1H3;1-6H,(H,11,12,13)(H,14,15,16)/q+1;/t24?,27-,29-,32?;/m0./s1. The van der Waals surface area contributed by atoms with Crippen molar-refractivity contribution in [1.29, 1.82) is 0 Å². The third kappa shape index (κ3) is 8.24. The van der Waals surface area contributed by atoms with Crippen LogP contribution in [-0.4, -0.2) is 86.7 Å². The fourth-order valence-electron chi connectivity index (χ4n) is 8.17. The maximum absolute atomic E-state index is 13.9. The van der Waals surface area contributed by atoms with Crippen molar-refractivity contribution in [3.63, 3.8) is 0 Å². The van der Waals surface area contributed by atoms with Gasteiger partial charge in [-0.05, 0) is 68.2 Å². The Morgan fingerprint density at radius 1 is 0.808 bits per heavy atom. The van der Waals surface area contributed by atoms with Crippen LogP contribution in [0.5, 0.6) is 0 Å². The Bertz CT molecular complexity index is 2030. The summed E-state index contributed by atoms with van der Waals surface area (Å²) < 4.78 is 83.4. The highest BCUT2D eigenvalue weighted by molar-refractivity contribution is 7.86. The Kier molecular flexibility index (Phi) is 11.2. The smallest absolute Gasteiger partial charge is 0.331 e. The zero-order chi connectivity index (χ0) is 37.1. The number of carbonyl (C=O) groups excluding carboxylic acids is 1. The summed E-state index contributed by atoms with van der Waals surface area (Å²) in [6, 6.07) is 24.6. The summed E-state index contributed by atoms with van der Waals surface area (Å²) in [6.07, 6.45) is 6.64. The normalized spacial score (nSPS) is 23.3. The zero-order valence-electron chi connectivity index (χ0n) is 29.2. The molecule has 2 bridgehead atoms. The van der Waals surface area contributed by atoms with E-state index in [1.165, 1.54) is 36.2 Å². The molecule has 0 amide bonds. The van der Waals surface area contributed by atoms with Crippen molar-refractivity contribution >= 4 is 37.0 Å². The second kappa shape index (κ2) is 15.3. The van der Waals surface area contributed by atoms with Gasteiger partial charge in [0.1, 0.15) is 27.7 Å². The third-order valence-corrected chi connectivity index (χ3v) is 13.0. The molecule has 4 aromatic carbocycles. The summed E-state index contributed by atoms with van der Waals surface area (Å²) in [7, 11) is -8.94. The van der Waals surface area contributed by atoms with Crippen LogP contribution in [0.3, 0.4) is 0 Å². The van der Waals surface area contributed by atoms with Gasteiger partial charge in [0.25, 0.3) is 20.2 Å². The molecule has 4 aliphatic heterocycles. The number of halogens is 1. The van der Waals surface area contributed by atoms with Gasteiger partial charge in [-0.25, -0.2) is 9.18 Å². The lowest BCUT2D eigenvalue weighted by Gasteiger charge is -2.53. The number of piperidine rings is 4. The molecule has 0 aliphatic carbocycles. The van der Waals surface area contributed by atoms with Gasteiger partial charge in [-0.2, -0.15) is 16.8 Å². The number of benzene rings is 4. The van der Waals surface area contributed by atoms with E-state index < -0.39 is 35.6 Å². The summed E-state index contributed by atoms with van der Waals surface area (Å²) in [5.41, 5.74) is 1.47. The second-order valence-corrected chi connectivity index (χ2v) is 17.2. The summed E-state index contributed by atoms with van der Waals surface area (Å²) in [4.78, 5) is 15.4. The maximum atomic E-state index is 13.9. The van der Waals surface area contributed by atoms with Gasteiger partial charge in [-0.15, -0.1) is 0 Å². The number of quaternary nitrogens is 1. The molecule has 4 heterocycles. The number of hydrogen-bond acceptors (Lipinski definition) is 7. The van der Waals surface area contributed by atoms with Gasteiger partial charge in [-0.3, -0.25) is 14.0 Å². The van der Waals surface area contributed by atoms with Crippen LogP contribution < -0.4 is 0 Å². The van der Waals surface area contributed by atoms with E-state index in [1.54, 1.807) is 12.1 Å². The van der Waals surface area contributed by atoms with Crippen LogP contribution in [-0.2, 0) is 41.7 Å². The Labute approximate surface area is 305 Å². The van der Waals surface area contributed by atoms with Crippen molar-refractivity contribution in [2.75, 3.05) is 39.3 Å². The Morgan fingerprint density at radius 3 is 1.90 bits per heavy atom. The predicted molar refractivity (Wildman–Crippen MR) is 195 cm³/mol. The average Bonchev–Trinajstić information content (AvgIpc) is 3.14. The Balaban J connectivity index is 0.000000217. The minimum absolute atomic E-state index is 0.0176. The molecule has 10 nitrogen and oxygen atoms in total. The van der Waals surface area contributed by atoms with Crippen LogP contribution in [0.4, 0.5) is 4.39 Å². The zero-order valence-corrected chi connectivity index (χ0v) is 30.9. The molecule has 0 spiro atoms. The summed E-state index contributed by atoms with van der Waals surface area (Å²) in [5, 5.41) is 0.0465. The average molecular weight is 754 g/mol. The highest BCUT2D eigenvalue weighted by Crippen LogP contribution is 2.39. The van der Waals surface area contributed by atoms with Crippen molar-refractivity contribution in [2.45, 2.75) is 66.9 Å². The van der Waals surface area contributed by atoms with Gasteiger partial charge in [0.2, 0.25) is 0 Å². The first kappa shape index (κ1) is 38.0.